The lowest BCUT2D eigenvalue weighted by Gasteiger charge is -2.31. The Morgan fingerprint density at radius 1 is 1.16 bits per heavy atom. The zero-order chi connectivity index (χ0) is 22.2. The van der Waals surface area contributed by atoms with E-state index < -0.39 is 0 Å². The monoisotopic (exact) mass is 428 g/mol. The summed E-state index contributed by atoms with van der Waals surface area (Å²) in [4.78, 5) is 43.0. The number of piperidine rings is 1. The van der Waals surface area contributed by atoms with E-state index in [1.807, 2.05) is 43.1 Å². The van der Waals surface area contributed by atoms with Crippen LogP contribution < -0.4 is 5.32 Å². The van der Waals surface area contributed by atoms with Gasteiger partial charge in [0.25, 0.3) is 5.91 Å². The van der Waals surface area contributed by atoms with Crippen LogP contribution in [0.3, 0.4) is 0 Å². The Bertz CT molecular complexity index is 915. The number of hydrogen-bond acceptors (Lipinski definition) is 5. The highest BCUT2D eigenvalue weighted by atomic mass is 16.5. The smallest absolute Gasteiger partial charge is 0.309 e. The Balaban J connectivity index is 1.32. The van der Waals surface area contributed by atoms with Crippen molar-refractivity contribution >= 4 is 23.4 Å². The van der Waals surface area contributed by atoms with Gasteiger partial charge in [-0.1, -0.05) is 12.5 Å². The van der Waals surface area contributed by atoms with E-state index in [0.29, 0.717) is 56.9 Å². The Labute approximate surface area is 183 Å². The molecule has 2 aromatic rings. The molecule has 0 aliphatic carbocycles. The summed E-state index contributed by atoms with van der Waals surface area (Å²) < 4.78 is 6.87. The molecule has 0 saturated carbocycles. The molecule has 168 valence electrons. The second-order valence-electron chi connectivity index (χ2n) is 7.95. The van der Waals surface area contributed by atoms with Gasteiger partial charge in [0.1, 0.15) is 11.3 Å². The van der Waals surface area contributed by atoms with Crippen molar-refractivity contribution in [2.45, 2.75) is 52.4 Å². The topological polar surface area (TPSA) is 93.0 Å². The largest absolute Gasteiger partial charge is 0.466 e. The fourth-order valence-corrected chi connectivity index (χ4v) is 4.03. The second kappa shape index (κ2) is 10.9. The van der Waals surface area contributed by atoms with Gasteiger partial charge in [-0.3, -0.25) is 18.8 Å². The Hall–Kier alpha value is -2.90. The summed E-state index contributed by atoms with van der Waals surface area (Å²) in [5.41, 5.74) is 2.04. The van der Waals surface area contributed by atoms with E-state index >= 15 is 0 Å². The van der Waals surface area contributed by atoms with Gasteiger partial charge in [-0.2, -0.15) is 0 Å². The van der Waals surface area contributed by atoms with Gasteiger partial charge in [0.05, 0.1) is 18.2 Å². The molecule has 8 nitrogen and oxygen atoms in total. The number of carbonyl (C=O) groups excluding carboxylic acids is 3. The van der Waals surface area contributed by atoms with E-state index in [9.17, 15) is 14.4 Å². The van der Waals surface area contributed by atoms with Crippen LogP contribution in [0.1, 0.15) is 61.6 Å². The molecular formula is C23H32N4O4. The van der Waals surface area contributed by atoms with Crippen molar-refractivity contribution in [1.29, 1.82) is 0 Å². The van der Waals surface area contributed by atoms with Crippen LogP contribution >= 0.6 is 0 Å². The number of imidazole rings is 1. The zero-order valence-electron chi connectivity index (χ0n) is 18.4. The molecule has 1 aliphatic rings. The highest BCUT2D eigenvalue weighted by Gasteiger charge is 2.27. The molecule has 1 N–H and O–H groups in total. The van der Waals surface area contributed by atoms with Gasteiger partial charge in [0.2, 0.25) is 5.91 Å². The standard InChI is InChI=1S/C23H32N4O4/c1-3-31-23(30)18-11-15-26(16-12-18)20(28)10-5-4-7-13-24-22(29)21-17(2)25-19-9-6-8-14-27(19)21/h6,8-9,14,18H,3-5,7,10-13,15-16H2,1-2H3,(H,24,29). The van der Waals surface area contributed by atoms with Crippen molar-refractivity contribution in [3.63, 3.8) is 0 Å². The average Bonchev–Trinajstić information content (AvgIpc) is 3.11. The Morgan fingerprint density at radius 2 is 1.94 bits per heavy atom. The number of ether oxygens (including phenoxy) is 1. The van der Waals surface area contributed by atoms with E-state index in [0.717, 1.165) is 24.9 Å². The number of carbonyl (C=O) groups is 3. The molecule has 3 heterocycles. The summed E-state index contributed by atoms with van der Waals surface area (Å²) in [6, 6.07) is 5.65. The number of hydrogen-bond donors (Lipinski definition) is 1. The number of amides is 2. The summed E-state index contributed by atoms with van der Waals surface area (Å²) in [7, 11) is 0. The average molecular weight is 429 g/mol. The minimum atomic E-state index is -0.143. The van der Waals surface area contributed by atoms with Gasteiger partial charge in [-0.05, 0) is 51.7 Å². The lowest BCUT2D eigenvalue weighted by Crippen LogP contribution is -2.40. The van der Waals surface area contributed by atoms with Gasteiger partial charge >= 0.3 is 5.97 Å². The van der Waals surface area contributed by atoms with Gasteiger partial charge in [-0.25, -0.2) is 4.98 Å². The molecule has 0 unspecified atom stereocenters. The minimum Gasteiger partial charge on any atom is -0.466 e. The van der Waals surface area contributed by atoms with Crippen molar-refractivity contribution in [2.75, 3.05) is 26.2 Å². The first-order chi connectivity index (χ1) is 15.0. The van der Waals surface area contributed by atoms with Crippen LogP contribution in [-0.2, 0) is 14.3 Å². The molecule has 0 bridgehead atoms. The lowest BCUT2D eigenvalue weighted by atomic mass is 9.96. The van der Waals surface area contributed by atoms with Crippen LogP contribution in [-0.4, -0.2) is 58.3 Å². The Morgan fingerprint density at radius 3 is 2.68 bits per heavy atom. The fourth-order valence-electron chi connectivity index (χ4n) is 4.03. The summed E-state index contributed by atoms with van der Waals surface area (Å²) >= 11 is 0. The predicted octanol–water partition coefficient (Wildman–Crippen LogP) is 2.73. The van der Waals surface area contributed by atoms with E-state index in [1.54, 1.807) is 4.40 Å². The highest BCUT2D eigenvalue weighted by molar-refractivity contribution is 5.94. The molecule has 3 rings (SSSR count). The van der Waals surface area contributed by atoms with Crippen LogP contribution in [0.2, 0.25) is 0 Å². The number of fused-ring (bicyclic) bond motifs is 1. The van der Waals surface area contributed by atoms with Crippen LogP contribution in [0.4, 0.5) is 0 Å². The molecule has 2 aromatic heterocycles. The number of nitrogens with one attached hydrogen (secondary N) is 1. The van der Waals surface area contributed by atoms with Crippen LogP contribution in [0.15, 0.2) is 24.4 Å². The maximum atomic E-state index is 12.5. The van der Waals surface area contributed by atoms with Crippen molar-refractivity contribution in [3.05, 3.63) is 35.8 Å². The van der Waals surface area contributed by atoms with Crippen molar-refractivity contribution in [1.82, 2.24) is 19.6 Å². The zero-order valence-corrected chi connectivity index (χ0v) is 18.4. The van der Waals surface area contributed by atoms with Crippen molar-refractivity contribution in [2.24, 2.45) is 5.92 Å². The number of unbranched alkanes of at least 4 members (excludes halogenated alkanes) is 2. The van der Waals surface area contributed by atoms with E-state index in [2.05, 4.69) is 10.3 Å². The lowest BCUT2D eigenvalue weighted by molar-refractivity contribution is -0.151. The number of aromatic nitrogens is 2. The number of nitrogens with zero attached hydrogens (tertiary/aromatic N) is 3. The summed E-state index contributed by atoms with van der Waals surface area (Å²) in [6.45, 7) is 5.86. The summed E-state index contributed by atoms with van der Waals surface area (Å²) in [6.07, 6.45) is 6.19. The first kappa shape index (κ1) is 22.8. The Kier molecular flexibility index (Phi) is 8.03. The maximum Gasteiger partial charge on any atom is 0.309 e. The minimum absolute atomic E-state index is 0.0795. The first-order valence-corrected chi connectivity index (χ1v) is 11.2. The highest BCUT2D eigenvalue weighted by Crippen LogP contribution is 2.20. The fraction of sp³-hybridized carbons (Fsp3) is 0.565. The summed E-state index contributed by atoms with van der Waals surface area (Å²) in [5.74, 6) is -0.204. The molecular weight excluding hydrogens is 396 g/mol. The molecule has 0 spiro atoms. The maximum absolute atomic E-state index is 12.5. The van der Waals surface area contributed by atoms with Gasteiger partial charge < -0.3 is 15.0 Å². The third kappa shape index (κ3) is 5.83. The van der Waals surface area contributed by atoms with E-state index in [-0.39, 0.29) is 23.7 Å². The van der Waals surface area contributed by atoms with Gasteiger partial charge in [-0.15, -0.1) is 0 Å². The second-order valence-corrected chi connectivity index (χ2v) is 7.95. The molecule has 31 heavy (non-hydrogen) atoms. The third-order valence-corrected chi connectivity index (χ3v) is 5.74. The molecule has 1 saturated heterocycles. The number of likely N-dealkylation sites (tertiary alicyclic amines) is 1. The first-order valence-electron chi connectivity index (χ1n) is 11.2. The molecule has 1 fully saturated rings. The van der Waals surface area contributed by atoms with Crippen LogP contribution in [0.5, 0.6) is 0 Å². The van der Waals surface area contributed by atoms with Crippen molar-refractivity contribution < 1.29 is 19.1 Å². The molecule has 0 atom stereocenters. The SMILES string of the molecule is CCOC(=O)C1CCN(C(=O)CCCCCNC(=O)c2c(C)nc3ccccn23)CC1. The number of rotatable bonds is 9. The third-order valence-electron chi connectivity index (χ3n) is 5.74. The van der Waals surface area contributed by atoms with E-state index in [4.69, 9.17) is 4.74 Å². The number of pyridine rings is 1. The van der Waals surface area contributed by atoms with Gasteiger partial charge in [0, 0.05) is 32.3 Å². The normalized spacial score (nSPS) is 14.6. The predicted molar refractivity (Wildman–Crippen MR) is 117 cm³/mol. The molecule has 8 heteroatoms. The summed E-state index contributed by atoms with van der Waals surface area (Å²) in [5, 5.41) is 2.96. The molecule has 2 amide bonds. The molecule has 0 aromatic carbocycles. The quantitative estimate of drug-likeness (QED) is 0.490. The van der Waals surface area contributed by atoms with Crippen LogP contribution in [0, 0.1) is 12.8 Å². The molecule has 0 radical (unpaired) electrons. The van der Waals surface area contributed by atoms with Crippen LogP contribution in [0.25, 0.3) is 5.65 Å². The van der Waals surface area contributed by atoms with E-state index in [1.165, 1.54) is 0 Å². The van der Waals surface area contributed by atoms with Gasteiger partial charge in [0.15, 0.2) is 0 Å². The number of aryl methyl sites for hydroxylation is 1. The number of esters is 1. The molecule has 1 aliphatic heterocycles. The van der Waals surface area contributed by atoms with Crippen molar-refractivity contribution in [3.8, 4) is 0 Å².